The summed E-state index contributed by atoms with van der Waals surface area (Å²) < 4.78 is 0. The SMILES string of the molecule is Cc1cc(Cl)ccc1CNC(C)CC(C)C. The van der Waals surface area contributed by atoms with Crippen molar-refractivity contribution in [1.29, 1.82) is 0 Å². The van der Waals surface area contributed by atoms with Crippen molar-refractivity contribution in [3.63, 3.8) is 0 Å². The Morgan fingerprint density at radius 1 is 1.25 bits per heavy atom. The molecule has 1 unspecified atom stereocenters. The van der Waals surface area contributed by atoms with E-state index in [0.717, 1.165) is 17.5 Å². The lowest BCUT2D eigenvalue weighted by Gasteiger charge is -2.16. The van der Waals surface area contributed by atoms with Gasteiger partial charge in [0, 0.05) is 17.6 Å². The summed E-state index contributed by atoms with van der Waals surface area (Å²) in [6.45, 7) is 9.79. The molecular formula is C14H22ClN. The third-order valence-corrected chi connectivity index (χ3v) is 3.01. The van der Waals surface area contributed by atoms with Gasteiger partial charge in [0.05, 0.1) is 0 Å². The predicted molar refractivity (Wildman–Crippen MR) is 71.9 cm³/mol. The molecule has 0 heterocycles. The lowest BCUT2D eigenvalue weighted by Crippen LogP contribution is -2.27. The number of hydrogen-bond acceptors (Lipinski definition) is 1. The molecule has 1 nitrogen and oxygen atoms in total. The van der Waals surface area contributed by atoms with Crippen LogP contribution in [0.25, 0.3) is 0 Å². The zero-order chi connectivity index (χ0) is 12.1. The van der Waals surface area contributed by atoms with Crippen LogP contribution in [-0.4, -0.2) is 6.04 Å². The zero-order valence-corrected chi connectivity index (χ0v) is 11.4. The van der Waals surface area contributed by atoms with E-state index in [1.54, 1.807) is 0 Å². The van der Waals surface area contributed by atoms with E-state index >= 15 is 0 Å². The summed E-state index contributed by atoms with van der Waals surface area (Å²) in [4.78, 5) is 0. The van der Waals surface area contributed by atoms with Crippen molar-refractivity contribution in [3.8, 4) is 0 Å². The molecule has 1 rings (SSSR count). The second-order valence-electron chi connectivity index (χ2n) is 4.98. The van der Waals surface area contributed by atoms with Gasteiger partial charge in [-0.3, -0.25) is 0 Å². The fourth-order valence-corrected chi connectivity index (χ4v) is 2.16. The number of benzene rings is 1. The van der Waals surface area contributed by atoms with Crippen LogP contribution in [-0.2, 0) is 6.54 Å². The van der Waals surface area contributed by atoms with Crippen LogP contribution in [0.4, 0.5) is 0 Å². The Kier molecular flexibility index (Phi) is 5.30. The lowest BCUT2D eigenvalue weighted by atomic mass is 10.0. The van der Waals surface area contributed by atoms with Gasteiger partial charge >= 0.3 is 0 Å². The van der Waals surface area contributed by atoms with E-state index in [2.05, 4.69) is 39.1 Å². The van der Waals surface area contributed by atoms with Crippen molar-refractivity contribution in [2.75, 3.05) is 0 Å². The van der Waals surface area contributed by atoms with Crippen LogP contribution in [0.2, 0.25) is 5.02 Å². The van der Waals surface area contributed by atoms with E-state index in [1.807, 2.05) is 12.1 Å². The van der Waals surface area contributed by atoms with Crippen molar-refractivity contribution in [2.45, 2.75) is 46.7 Å². The molecule has 0 amide bonds. The van der Waals surface area contributed by atoms with Crippen molar-refractivity contribution in [2.24, 2.45) is 5.92 Å². The van der Waals surface area contributed by atoms with Crippen molar-refractivity contribution in [1.82, 2.24) is 5.32 Å². The average molecular weight is 240 g/mol. The first-order valence-corrected chi connectivity index (χ1v) is 6.35. The third-order valence-electron chi connectivity index (χ3n) is 2.77. The minimum absolute atomic E-state index is 0.565. The van der Waals surface area contributed by atoms with Gasteiger partial charge in [-0.15, -0.1) is 0 Å². The molecule has 0 aliphatic rings. The molecule has 0 aliphatic heterocycles. The van der Waals surface area contributed by atoms with Gasteiger partial charge in [0.15, 0.2) is 0 Å². The molecule has 0 aliphatic carbocycles. The Morgan fingerprint density at radius 2 is 1.94 bits per heavy atom. The standard InChI is InChI=1S/C14H22ClN/c1-10(2)7-12(4)16-9-13-5-6-14(15)8-11(13)3/h5-6,8,10,12,16H,7,9H2,1-4H3. The highest BCUT2D eigenvalue weighted by atomic mass is 35.5. The monoisotopic (exact) mass is 239 g/mol. The number of hydrogen-bond donors (Lipinski definition) is 1. The molecule has 90 valence electrons. The van der Waals surface area contributed by atoms with Crippen LogP contribution in [0, 0.1) is 12.8 Å². The van der Waals surface area contributed by atoms with Crippen molar-refractivity contribution in [3.05, 3.63) is 34.3 Å². The minimum atomic E-state index is 0.565. The molecule has 0 saturated heterocycles. The van der Waals surface area contributed by atoms with Gasteiger partial charge in [0.2, 0.25) is 0 Å². The van der Waals surface area contributed by atoms with Crippen LogP contribution in [0.3, 0.4) is 0 Å². The van der Waals surface area contributed by atoms with Gasteiger partial charge in [-0.05, 0) is 49.4 Å². The fraction of sp³-hybridized carbons (Fsp3) is 0.571. The maximum atomic E-state index is 5.93. The molecule has 1 atom stereocenters. The highest BCUT2D eigenvalue weighted by Gasteiger charge is 2.05. The minimum Gasteiger partial charge on any atom is -0.310 e. The normalized spacial score (nSPS) is 13.1. The predicted octanol–water partition coefficient (Wildman–Crippen LogP) is 4.17. The molecule has 16 heavy (non-hydrogen) atoms. The number of aryl methyl sites for hydroxylation is 1. The van der Waals surface area contributed by atoms with Gasteiger partial charge in [0.25, 0.3) is 0 Å². The van der Waals surface area contributed by atoms with E-state index in [0.29, 0.717) is 6.04 Å². The molecule has 1 aromatic rings. The van der Waals surface area contributed by atoms with Gasteiger partial charge in [-0.25, -0.2) is 0 Å². The first kappa shape index (κ1) is 13.5. The molecule has 1 aromatic carbocycles. The summed E-state index contributed by atoms with van der Waals surface area (Å²) in [6, 6.07) is 6.65. The number of rotatable bonds is 5. The Hall–Kier alpha value is -0.530. The van der Waals surface area contributed by atoms with Gasteiger partial charge in [-0.1, -0.05) is 31.5 Å². The second-order valence-corrected chi connectivity index (χ2v) is 5.42. The first-order valence-electron chi connectivity index (χ1n) is 5.97. The van der Waals surface area contributed by atoms with Crippen molar-refractivity contribution < 1.29 is 0 Å². The van der Waals surface area contributed by atoms with Crippen LogP contribution in [0.15, 0.2) is 18.2 Å². The highest BCUT2D eigenvalue weighted by molar-refractivity contribution is 6.30. The summed E-state index contributed by atoms with van der Waals surface area (Å²) in [5, 5.41) is 4.36. The van der Waals surface area contributed by atoms with Crippen LogP contribution in [0.5, 0.6) is 0 Å². The van der Waals surface area contributed by atoms with Crippen LogP contribution >= 0.6 is 11.6 Å². The topological polar surface area (TPSA) is 12.0 Å². The smallest absolute Gasteiger partial charge is 0.0408 e. The third kappa shape index (κ3) is 4.54. The van der Waals surface area contributed by atoms with Gasteiger partial charge < -0.3 is 5.32 Å². The average Bonchev–Trinajstić information content (AvgIpc) is 2.15. The number of nitrogens with one attached hydrogen (secondary N) is 1. The van der Waals surface area contributed by atoms with E-state index in [9.17, 15) is 0 Å². The molecule has 0 bridgehead atoms. The summed E-state index contributed by atoms with van der Waals surface area (Å²) in [6.07, 6.45) is 1.21. The van der Waals surface area contributed by atoms with Crippen LogP contribution in [0.1, 0.15) is 38.3 Å². The van der Waals surface area contributed by atoms with Gasteiger partial charge in [-0.2, -0.15) is 0 Å². The van der Waals surface area contributed by atoms with Gasteiger partial charge in [0.1, 0.15) is 0 Å². The quantitative estimate of drug-likeness (QED) is 0.813. The molecular weight excluding hydrogens is 218 g/mol. The van der Waals surface area contributed by atoms with E-state index in [1.165, 1.54) is 17.5 Å². The second kappa shape index (κ2) is 6.27. The lowest BCUT2D eigenvalue weighted by molar-refractivity contribution is 0.441. The summed E-state index contributed by atoms with van der Waals surface area (Å²) in [5.41, 5.74) is 2.59. The largest absolute Gasteiger partial charge is 0.310 e. The van der Waals surface area contributed by atoms with Crippen molar-refractivity contribution >= 4 is 11.6 Å². The number of halogens is 1. The Morgan fingerprint density at radius 3 is 2.50 bits per heavy atom. The summed E-state index contributed by atoms with van der Waals surface area (Å²) in [5.74, 6) is 0.744. The Bertz CT molecular complexity index is 334. The fourth-order valence-electron chi connectivity index (χ4n) is 1.93. The maximum Gasteiger partial charge on any atom is 0.0408 e. The molecule has 0 radical (unpaired) electrons. The highest BCUT2D eigenvalue weighted by Crippen LogP contribution is 2.15. The molecule has 0 fully saturated rings. The molecule has 0 spiro atoms. The Balaban J connectivity index is 2.48. The van der Waals surface area contributed by atoms with Crippen LogP contribution < -0.4 is 5.32 Å². The molecule has 0 aromatic heterocycles. The summed E-state index contributed by atoms with van der Waals surface area (Å²) >= 11 is 5.93. The van der Waals surface area contributed by atoms with E-state index in [-0.39, 0.29) is 0 Å². The van der Waals surface area contributed by atoms with E-state index in [4.69, 9.17) is 11.6 Å². The first-order chi connectivity index (χ1) is 7.49. The molecule has 0 saturated carbocycles. The van der Waals surface area contributed by atoms with E-state index < -0.39 is 0 Å². The molecule has 1 N–H and O–H groups in total. The Labute approximate surface area is 104 Å². The summed E-state index contributed by atoms with van der Waals surface area (Å²) in [7, 11) is 0. The zero-order valence-electron chi connectivity index (χ0n) is 10.7. The maximum absolute atomic E-state index is 5.93. The molecule has 2 heteroatoms.